The Labute approximate surface area is 189 Å². The van der Waals surface area contributed by atoms with E-state index < -0.39 is 36.7 Å². The maximum absolute atomic E-state index is 14.5. The summed E-state index contributed by atoms with van der Waals surface area (Å²) in [6.07, 6.45) is 3.05. The predicted octanol–water partition coefficient (Wildman–Crippen LogP) is 7.95. The normalized spacial score (nSPS) is 19.2. The van der Waals surface area contributed by atoms with E-state index in [0.29, 0.717) is 5.92 Å². The summed E-state index contributed by atoms with van der Waals surface area (Å²) in [4.78, 5) is 0. The van der Waals surface area contributed by atoms with Gasteiger partial charge in [0.2, 0.25) is 0 Å². The highest BCUT2D eigenvalue weighted by Crippen LogP contribution is 2.38. The summed E-state index contributed by atoms with van der Waals surface area (Å²) in [6.45, 7) is -1.72. The summed E-state index contributed by atoms with van der Waals surface area (Å²) in [5.74, 6) is -2.74. The molecule has 0 saturated heterocycles. The molecule has 0 spiro atoms. The molecule has 0 aliphatic heterocycles. The van der Waals surface area contributed by atoms with Crippen molar-refractivity contribution < 1.29 is 35.8 Å². The Balaban J connectivity index is 1.54. The number of hydrogen-bond donors (Lipinski definition) is 0. The molecule has 8 heteroatoms. The van der Waals surface area contributed by atoms with Crippen LogP contribution in [-0.2, 0) is 17.3 Å². The van der Waals surface area contributed by atoms with Gasteiger partial charge in [0, 0.05) is 0 Å². The highest BCUT2D eigenvalue weighted by atomic mass is 19.3. The van der Waals surface area contributed by atoms with Crippen molar-refractivity contribution in [2.45, 2.75) is 70.5 Å². The zero-order chi connectivity index (χ0) is 24.0. The minimum Gasteiger partial charge on any atom is -0.429 e. The number of halogens is 6. The SMILES string of the molecule is CCCC1CCC(c2ccc(C(F)(F)OCCc3cc(F)c(OC(F)F)c(F)c3)cc2)CC1. The third-order valence-electron chi connectivity index (χ3n) is 6.20. The van der Waals surface area contributed by atoms with E-state index in [1.807, 2.05) is 0 Å². The van der Waals surface area contributed by atoms with E-state index in [-0.39, 0.29) is 17.5 Å². The zero-order valence-electron chi connectivity index (χ0n) is 18.4. The minimum atomic E-state index is -3.58. The Hall–Kier alpha value is -2.22. The van der Waals surface area contributed by atoms with Crippen LogP contribution in [0.15, 0.2) is 36.4 Å². The molecule has 0 bridgehead atoms. The average Bonchev–Trinajstić information content (AvgIpc) is 2.77. The molecule has 0 aromatic heterocycles. The van der Waals surface area contributed by atoms with Crippen LogP contribution in [0.5, 0.6) is 5.75 Å². The molecule has 182 valence electrons. The van der Waals surface area contributed by atoms with Gasteiger partial charge >= 0.3 is 12.7 Å². The molecule has 0 unspecified atom stereocenters. The molecule has 1 aliphatic rings. The molecule has 2 nitrogen and oxygen atoms in total. The van der Waals surface area contributed by atoms with Crippen LogP contribution in [0.3, 0.4) is 0 Å². The molecule has 1 saturated carbocycles. The second-order valence-corrected chi connectivity index (χ2v) is 8.51. The van der Waals surface area contributed by atoms with E-state index in [0.717, 1.165) is 49.3 Å². The first kappa shape index (κ1) is 25.4. The smallest absolute Gasteiger partial charge is 0.387 e. The molecule has 33 heavy (non-hydrogen) atoms. The van der Waals surface area contributed by atoms with Crippen LogP contribution in [-0.4, -0.2) is 13.2 Å². The van der Waals surface area contributed by atoms with E-state index in [2.05, 4.69) is 11.7 Å². The first-order chi connectivity index (χ1) is 15.7. The van der Waals surface area contributed by atoms with Crippen LogP contribution in [0.25, 0.3) is 0 Å². The summed E-state index contributed by atoms with van der Waals surface area (Å²) in [5, 5.41) is 0. The van der Waals surface area contributed by atoms with Crippen molar-refractivity contribution in [1.82, 2.24) is 0 Å². The van der Waals surface area contributed by atoms with Gasteiger partial charge in [0.1, 0.15) is 0 Å². The lowest BCUT2D eigenvalue weighted by Crippen LogP contribution is -2.20. The van der Waals surface area contributed by atoms with Crippen LogP contribution in [0, 0.1) is 17.6 Å². The molecule has 0 N–H and O–H groups in total. The van der Waals surface area contributed by atoms with Crippen molar-refractivity contribution in [2.24, 2.45) is 5.92 Å². The van der Waals surface area contributed by atoms with Gasteiger partial charge in [0.05, 0.1) is 12.2 Å². The highest BCUT2D eigenvalue weighted by molar-refractivity contribution is 5.31. The first-order valence-corrected chi connectivity index (χ1v) is 11.2. The Morgan fingerprint density at radius 1 is 0.970 bits per heavy atom. The second kappa shape index (κ2) is 11.3. The minimum absolute atomic E-state index is 0.0172. The Morgan fingerprint density at radius 2 is 1.58 bits per heavy atom. The van der Waals surface area contributed by atoms with E-state index >= 15 is 0 Å². The maximum atomic E-state index is 14.5. The standard InChI is InChI=1S/C25H28F6O2/c1-2-3-16-4-6-18(7-5-16)19-8-10-20(11-9-19)25(30,31)32-13-12-17-14-21(26)23(22(27)15-17)33-24(28)29/h8-11,14-16,18,24H,2-7,12-13H2,1H3. The van der Waals surface area contributed by atoms with Gasteiger partial charge < -0.3 is 9.47 Å². The van der Waals surface area contributed by atoms with Gasteiger partial charge in [-0.05, 0) is 67.2 Å². The Bertz CT molecular complexity index is 869. The van der Waals surface area contributed by atoms with Crippen molar-refractivity contribution in [3.63, 3.8) is 0 Å². The zero-order valence-corrected chi connectivity index (χ0v) is 18.4. The quantitative estimate of drug-likeness (QED) is 0.325. The molecule has 1 fully saturated rings. The Morgan fingerprint density at radius 3 is 2.12 bits per heavy atom. The van der Waals surface area contributed by atoms with E-state index in [1.54, 1.807) is 12.1 Å². The van der Waals surface area contributed by atoms with Crippen LogP contribution >= 0.6 is 0 Å². The van der Waals surface area contributed by atoms with Crippen LogP contribution in [0.1, 0.15) is 68.1 Å². The van der Waals surface area contributed by atoms with Crippen LogP contribution in [0.2, 0.25) is 0 Å². The molecule has 2 aromatic carbocycles. The lowest BCUT2D eigenvalue weighted by Gasteiger charge is -2.29. The van der Waals surface area contributed by atoms with E-state index in [4.69, 9.17) is 4.74 Å². The summed E-state index contributed by atoms with van der Waals surface area (Å²) in [7, 11) is 0. The molecule has 3 rings (SSSR count). The van der Waals surface area contributed by atoms with E-state index in [1.165, 1.54) is 25.0 Å². The van der Waals surface area contributed by atoms with Crippen LogP contribution in [0.4, 0.5) is 26.3 Å². The van der Waals surface area contributed by atoms with Crippen molar-refractivity contribution in [3.8, 4) is 5.75 Å². The summed E-state index contributed by atoms with van der Waals surface area (Å²) < 4.78 is 89.3. The van der Waals surface area contributed by atoms with Crippen molar-refractivity contribution >= 4 is 0 Å². The molecule has 0 radical (unpaired) electrons. The third kappa shape index (κ3) is 6.88. The lowest BCUT2D eigenvalue weighted by atomic mass is 9.77. The fourth-order valence-electron chi connectivity index (χ4n) is 4.48. The van der Waals surface area contributed by atoms with Gasteiger partial charge in [-0.3, -0.25) is 0 Å². The number of benzene rings is 2. The number of ether oxygens (including phenoxy) is 2. The fraction of sp³-hybridized carbons (Fsp3) is 0.520. The van der Waals surface area contributed by atoms with Gasteiger partial charge in [0.25, 0.3) is 0 Å². The predicted molar refractivity (Wildman–Crippen MR) is 113 cm³/mol. The topological polar surface area (TPSA) is 18.5 Å². The molecule has 0 atom stereocenters. The maximum Gasteiger partial charge on any atom is 0.387 e. The van der Waals surface area contributed by atoms with Gasteiger partial charge in [-0.2, -0.15) is 17.6 Å². The molecular weight excluding hydrogens is 446 g/mol. The summed E-state index contributed by atoms with van der Waals surface area (Å²) in [5.41, 5.74) is 0.724. The summed E-state index contributed by atoms with van der Waals surface area (Å²) in [6, 6.07) is 7.64. The highest BCUT2D eigenvalue weighted by Gasteiger charge is 2.33. The molecule has 2 aromatic rings. The largest absolute Gasteiger partial charge is 0.429 e. The van der Waals surface area contributed by atoms with Gasteiger partial charge in [-0.15, -0.1) is 0 Å². The number of rotatable bonds is 10. The van der Waals surface area contributed by atoms with Gasteiger partial charge in [-0.1, -0.05) is 44.0 Å². The lowest BCUT2D eigenvalue weighted by molar-refractivity contribution is -0.248. The third-order valence-corrected chi connectivity index (χ3v) is 6.20. The van der Waals surface area contributed by atoms with Gasteiger partial charge in [-0.25, -0.2) is 8.78 Å². The van der Waals surface area contributed by atoms with Crippen molar-refractivity contribution in [1.29, 1.82) is 0 Å². The Kier molecular flexibility index (Phi) is 8.68. The van der Waals surface area contributed by atoms with Crippen molar-refractivity contribution in [3.05, 3.63) is 64.7 Å². The number of hydrogen-bond acceptors (Lipinski definition) is 2. The van der Waals surface area contributed by atoms with E-state index in [9.17, 15) is 26.3 Å². The van der Waals surface area contributed by atoms with Crippen LogP contribution < -0.4 is 4.74 Å². The molecule has 1 aliphatic carbocycles. The molecular formula is C25H28F6O2. The van der Waals surface area contributed by atoms with Gasteiger partial charge in [0.15, 0.2) is 17.4 Å². The second-order valence-electron chi connectivity index (χ2n) is 8.51. The summed E-state index contributed by atoms with van der Waals surface area (Å²) >= 11 is 0. The fourth-order valence-corrected chi connectivity index (χ4v) is 4.48. The number of alkyl halides is 4. The van der Waals surface area contributed by atoms with Crippen molar-refractivity contribution in [2.75, 3.05) is 6.61 Å². The average molecular weight is 474 g/mol. The molecule has 0 amide bonds. The first-order valence-electron chi connectivity index (χ1n) is 11.2. The monoisotopic (exact) mass is 474 g/mol. The molecule has 0 heterocycles.